The summed E-state index contributed by atoms with van der Waals surface area (Å²) in [6.45, 7) is -0.371. The number of aromatic carboxylic acids is 1. The van der Waals surface area contributed by atoms with Crippen LogP contribution in [0.25, 0.3) is 0 Å². The van der Waals surface area contributed by atoms with Gasteiger partial charge in [-0.1, -0.05) is 18.2 Å². The SMILES string of the molecule is NC(=O)c1ccccc1C(CO)c1ccoc1C(=O)O. The Bertz CT molecular complexity index is 647. The Labute approximate surface area is 114 Å². The van der Waals surface area contributed by atoms with Gasteiger partial charge in [-0.2, -0.15) is 0 Å². The molecular weight excluding hydrogens is 262 g/mol. The lowest BCUT2D eigenvalue weighted by Gasteiger charge is -2.16. The van der Waals surface area contributed by atoms with Crippen LogP contribution in [0, 0.1) is 0 Å². The summed E-state index contributed by atoms with van der Waals surface area (Å²) in [7, 11) is 0. The smallest absolute Gasteiger partial charge is 0.372 e. The first-order valence-electron chi connectivity index (χ1n) is 5.86. The van der Waals surface area contributed by atoms with Crippen molar-refractivity contribution in [1.29, 1.82) is 0 Å². The Morgan fingerprint density at radius 1 is 1.20 bits per heavy atom. The molecule has 0 bridgehead atoms. The quantitative estimate of drug-likeness (QED) is 0.758. The lowest BCUT2D eigenvalue weighted by Crippen LogP contribution is -2.18. The van der Waals surface area contributed by atoms with Crippen molar-refractivity contribution in [3.05, 3.63) is 59.0 Å². The van der Waals surface area contributed by atoms with E-state index in [4.69, 9.17) is 15.3 Å². The molecule has 0 saturated heterocycles. The minimum absolute atomic E-state index is 0.240. The molecule has 2 rings (SSSR count). The number of nitrogens with two attached hydrogens (primary N) is 1. The normalized spacial score (nSPS) is 12.1. The zero-order valence-electron chi connectivity index (χ0n) is 10.4. The van der Waals surface area contributed by atoms with E-state index in [0.29, 0.717) is 11.1 Å². The standard InChI is InChI=1S/C14H13NO5/c15-13(17)10-4-2-1-3-8(10)11(7-16)9-5-6-20-12(9)14(18)19/h1-6,11,16H,7H2,(H2,15,17)(H,18,19). The molecule has 4 N–H and O–H groups in total. The topological polar surface area (TPSA) is 114 Å². The number of hydrogen-bond donors (Lipinski definition) is 3. The second-order valence-electron chi connectivity index (χ2n) is 4.20. The van der Waals surface area contributed by atoms with Crippen molar-refractivity contribution in [3.63, 3.8) is 0 Å². The predicted octanol–water partition coefficient (Wildman–Crippen LogP) is 1.20. The van der Waals surface area contributed by atoms with E-state index < -0.39 is 17.8 Å². The molecule has 2 aromatic rings. The van der Waals surface area contributed by atoms with E-state index in [1.807, 2.05) is 0 Å². The highest BCUT2D eigenvalue weighted by Crippen LogP contribution is 2.30. The Hall–Kier alpha value is -2.60. The van der Waals surface area contributed by atoms with Crippen molar-refractivity contribution in [2.45, 2.75) is 5.92 Å². The number of carbonyl (C=O) groups excluding carboxylic acids is 1. The summed E-state index contributed by atoms with van der Waals surface area (Å²) >= 11 is 0. The van der Waals surface area contributed by atoms with E-state index >= 15 is 0 Å². The third-order valence-electron chi connectivity index (χ3n) is 3.05. The van der Waals surface area contributed by atoms with Crippen LogP contribution in [-0.2, 0) is 0 Å². The number of carboxylic acid groups (broad SMARTS) is 1. The van der Waals surface area contributed by atoms with E-state index in [-0.39, 0.29) is 17.9 Å². The van der Waals surface area contributed by atoms with E-state index in [1.54, 1.807) is 18.2 Å². The maximum absolute atomic E-state index is 11.4. The molecule has 0 radical (unpaired) electrons. The molecule has 1 atom stereocenters. The molecule has 6 nitrogen and oxygen atoms in total. The fraction of sp³-hybridized carbons (Fsp3) is 0.143. The maximum atomic E-state index is 11.4. The average molecular weight is 275 g/mol. The van der Waals surface area contributed by atoms with Crippen molar-refractivity contribution in [2.24, 2.45) is 5.73 Å². The zero-order chi connectivity index (χ0) is 14.7. The first-order chi connectivity index (χ1) is 9.56. The molecule has 0 aliphatic rings. The minimum atomic E-state index is -1.24. The highest BCUT2D eigenvalue weighted by atomic mass is 16.4. The minimum Gasteiger partial charge on any atom is -0.475 e. The summed E-state index contributed by atoms with van der Waals surface area (Å²) in [5.41, 5.74) is 6.30. The van der Waals surface area contributed by atoms with E-state index in [0.717, 1.165) is 0 Å². The number of rotatable bonds is 5. The summed E-state index contributed by atoms with van der Waals surface area (Å²) in [5, 5.41) is 18.6. The van der Waals surface area contributed by atoms with Crippen molar-refractivity contribution in [2.75, 3.05) is 6.61 Å². The largest absolute Gasteiger partial charge is 0.475 e. The van der Waals surface area contributed by atoms with Crippen LogP contribution in [0.3, 0.4) is 0 Å². The molecule has 0 fully saturated rings. The van der Waals surface area contributed by atoms with Crippen molar-refractivity contribution in [1.82, 2.24) is 0 Å². The van der Waals surface area contributed by atoms with Gasteiger partial charge in [0.2, 0.25) is 11.7 Å². The number of aliphatic hydroxyl groups excluding tert-OH is 1. The Morgan fingerprint density at radius 2 is 1.90 bits per heavy atom. The molecule has 1 aromatic carbocycles. The van der Waals surface area contributed by atoms with Crippen LogP contribution in [0.15, 0.2) is 41.0 Å². The number of amides is 1. The van der Waals surface area contributed by atoms with Gasteiger partial charge in [0.1, 0.15) is 0 Å². The van der Waals surface area contributed by atoms with Gasteiger partial charge >= 0.3 is 5.97 Å². The first kappa shape index (κ1) is 13.8. The number of furan rings is 1. The maximum Gasteiger partial charge on any atom is 0.372 e. The second kappa shape index (κ2) is 5.58. The number of aliphatic hydroxyl groups is 1. The Morgan fingerprint density at radius 3 is 2.50 bits per heavy atom. The number of benzene rings is 1. The zero-order valence-corrected chi connectivity index (χ0v) is 10.4. The molecule has 0 saturated carbocycles. The second-order valence-corrected chi connectivity index (χ2v) is 4.20. The van der Waals surface area contributed by atoms with Crippen molar-refractivity contribution in [3.8, 4) is 0 Å². The number of primary amides is 1. The van der Waals surface area contributed by atoms with Gasteiger partial charge in [-0.3, -0.25) is 4.79 Å². The molecule has 1 unspecified atom stereocenters. The number of carbonyl (C=O) groups is 2. The summed E-state index contributed by atoms with van der Waals surface area (Å²) in [6, 6.07) is 7.94. The van der Waals surface area contributed by atoms with Gasteiger partial charge in [0.25, 0.3) is 0 Å². The van der Waals surface area contributed by atoms with Gasteiger partial charge in [-0.25, -0.2) is 4.79 Å². The van der Waals surface area contributed by atoms with Crippen LogP contribution in [0.1, 0.15) is 38.0 Å². The number of carboxylic acids is 1. The predicted molar refractivity (Wildman–Crippen MR) is 69.6 cm³/mol. The summed E-state index contributed by atoms with van der Waals surface area (Å²) in [6.07, 6.45) is 1.23. The third kappa shape index (κ3) is 2.41. The molecule has 1 amide bonds. The van der Waals surface area contributed by atoms with Crippen LogP contribution in [-0.4, -0.2) is 28.7 Å². The van der Waals surface area contributed by atoms with Crippen LogP contribution in [0.5, 0.6) is 0 Å². The lowest BCUT2D eigenvalue weighted by atomic mass is 9.88. The van der Waals surface area contributed by atoms with Gasteiger partial charge < -0.3 is 20.4 Å². The average Bonchev–Trinajstić information content (AvgIpc) is 2.89. The molecule has 104 valence electrons. The van der Waals surface area contributed by atoms with Crippen LogP contribution in [0.2, 0.25) is 0 Å². The summed E-state index contributed by atoms with van der Waals surface area (Å²) in [5.74, 6) is -2.83. The molecule has 6 heteroatoms. The van der Waals surface area contributed by atoms with Crippen LogP contribution in [0.4, 0.5) is 0 Å². The molecule has 1 heterocycles. The van der Waals surface area contributed by atoms with E-state index in [1.165, 1.54) is 18.4 Å². The molecule has 0 aliphatic heterocycles. The first-order valence-corrected chi connectivity index (χ1v) is 5.86. The Kier molecular flexibility index (Phi) is 3.86. The lowest BCUT2D eigenvalue weighted by molar-refractivity contribution is 0.0659. The van der Waals surface area contributed by atoms with Gasteiger partial charge in [0.15, 0.2) is 0 Å². The van der Waals surface area contributed by atoms with Crippen LogP contribution >= 0.6 is 0 Å². The van der Waals surface area contributed by atoms with Crippen molar-refractivity contribution >= 4 is 11.9 Å². The van der Waals surface area contributed by atoms with Crippen molar-refractivity contribution < 1.29 is 24.2 Å². The summed E-state index contributed by atoms with van der Waals surface area (Å²) < 4.78 is 4.90. The molecular formula is C14H13NO5. The van der Waals surface area contributed by atoms with Gasteiger partial charge in [0, 0.05) is 17.0 Å². The fourth-order valence-corrected chi connectivity index (χ4v) is 2.16. The highest BCUT2D eigenvalue weighted by molar-refractivity contribution is 5.95. The fourth-order valence-electron chi connectivity index (χ4n) is 2.16. The highest BCUT2D eigenvalue weighted by Gasteiger charge is 2.25. The number of hydrogen-bond acceptors (Lipinski definition) is 4. The van der Waals surface area contributed by atoms with E-state index in [9.17, 15) is 14.7 Å². The van der Waals surface area contributed by atoms with E-state index in [2.05, 4.69) is 0 Å². The summed E-state index contributed by atoms with van der Waals surface area (Å²) in [4.78, 5) is 22.5. The Balaban J connectivity index is 2.56. The molecule has 20 heavy (non-hydrogen) atoms. The molecule has 1 aromatic heterocycles. The third-order valence-corrected chi connectivity index (χ3v) is 3.05. The molecule has 0 spiro atoms. The van der Waals surface area contributed by atoms with Gasteiger partial charge in [0.05, 0.1) is 12.9 Å². The van der Waals surface area contributed by atoms with Gasteiger partial charge in [-0.05, 0) is 17.7 Å². The van der Waals surface area contributed by atoms with Gasteiger partial charge in [-0.15, -0.1) is 0 Å². The monoisotopic (exact) mass is 275 g/mol. The molecule has 0 aliphatic carbocycles. The van der Waals surface area contributed by atoms with Crippen LogP contribution < -0.4 is 5.73 Å².